The molecule has 2 saturated heterocycles. The van der Waals surface area contributed by atoms with Gasteiger partial charge in [0.05, 0.1) is 12.7 Å². The molecule has 5 nitrogen and oxygen atoms in total. The van der Waals surface area contributed by atoms with Gasteiger partial charge in [-0.1, -0.05) is 0 Å². The van der Waals surface area contributed by atoms with Crippen LogP contribution in [0.5, 0.6) is 0 Å². The molecule has 21 heavy (non-hydrogen) atoms. The van der Waals surface area contributed by atoms with Gasteiger partial charge in [-0.05, 0) is 25.0 Å². The molecule has 0 aliphatic carbocycles. The minimum Gasteiger partial charge on any atom is -0.354 e. The highest BCUT2D eigenvalue weighted by Crippen LogP contribution is 2.14. The number of carbonyl (C=O) groups is 1. The molecule has 0 radical (unpaired) electrons. The molecular weight excluding hydrogens is 271 g/mol. The summed E-state index contributed by atoms with van der Waals surface area (Å²) < 4.78 is 12.9. The number of aromatic nitrogens is 1. The molecule has 6 heteroatoms. The van der Waals surface area contributed by atoms with E-state index in [2.05, 4.69) is 14.8 Å². The van der Waals surface area contributed by atoms with E-state index in [1.165, 1.54) is 12.3 Å². The summed E-state index contributed by atoms with van der Waals surface area (Å²) in [6, 6.07) is 3.14. The first-order valence-electron chi connectivity index (χ1n) is 7.59. The third-order valence-electron chi connectivity index (χ3n) is 4.23. The fourth-order valence-electron chi connectivity index (χ4n) is 2.95. The first-order valence-corrected chi connectivity index (χ1v) is 7.59. The minimum atomic E-state index is -0.311. The summed E-state index contributed by atoms with van der Waals surface area (Å²) in [6.45, 7) is 5.69. The molecule has 3 heterocycles. The van der Waals surface area contributed by atoms with Gasteiger partial charge in [0.25, 0.3) is 0 Å². The number of halogens is 1. The van der Waals surface area contributed by atoms with Gasteiger partial charge in [0.2, 0.25) is 5.91 Å². The van der Waals surface area contributed by atoms with Gasteiger partial charge in [-0.3, -0.25) is 9.69 Å². The van der Waals surface area contributed by atoms with Crippen LogP contribution in [0.1, 0.15) is 12.8 Å². The van der Waals surface area contributed by atoms with E-state index in [0.29, 0.717) is 6.54 Å². The lowest BCUT2D eigenvalue weighted by Crippen LogP contribution is -2.50. The third kappa shape index (κ3) is 3.50. The Bertz CT molecular complexity index is 479. The number of anilines is 1. The lowest BCUT2D eigenvalue weighted by Gasteiger charge is -2.35. The van der Waals surface area contributed by atoms with Crippen LogP contribution >= 0.6 is 0 Å². The number of carbonyl (C=O) groups excluding carboxylic acids is 1. The fraction of sp³-hybridized carbons (Fsp3) is 0.600. The van der Waals surface area contributed by atoms with Crippen LogP contribution in [0.15, 0.2) is 18.3 Å². The Morgan fingerprint density at radius 1 is 1.10 bits per heavy atom. The maximum atomic E-state index is 12.9. The van der Waals surface area contributed by atoms with Gasteiger partial charge in [0.1, 0.15) is 11.6 Å². The largest absolute Gasteiger partial charge is 0.354 e. The van der Waals surface area contributed by atoms with Crippen molar-refractivity contribution in [2.45, 2.75) is 12.8 Å². The highest BCUT2D eigenvalue weighted by molar-refractivity contribution is 5.78. The first kappa shape index (κ1) is 14.3. The molecule has 0 spiro atoms. The maximum absolute atomic E-state index is 12.9. The van der Waals surface area contributed by atoms with E-state index < -0.39 is 0 Å². The Balaban J connectivity index is 1.48. The second-order valence-corrected chi connectivity index (χ2v) is 5.69. The van der Waals surface area contributed by atoms with Crippen molar-refractivity contribution in [3.63, 3.8) is 0 Å². The average Bonchev–Trinajstić information content (AvgIpc) is 3.03. The molecule has 2 aliphatic heterocycles. The number of nitrogens with zero attached hydrogens (tertiary/aromatic N) is 4. The number of rotatable bonds is 3. The van der Waals surface area contributed by atoms with E-state index in [9.17, 15) is 9.18 Å². The van der Waals surface area contributed by atoms with Crippen molar-refractivity contribution in [1.82, 2.24) is 14.8 Å². The summed E-state index contributed by atoms with van der Waals surface area (Å²) >= 11 is 0. The van der Waals surface area contributed by atoms with Crippen LogP contribution in [0.3, 0.4) is 0 Å². The zero-order valence-electron chi connectivity index (χ0n) is 12.2. The van der Waals surface area contributed by atoms with Crippen molar-refractivity contribution >= 4 is 11.7 Å². The zero-order valence-corrected chi connectivity index (χ0v) is 12.2. The van der Waals surface area contributed by atoms with Gasteiger partial charge >= 0.3 is 0 Å². The molecule has 2 fully saturated rings. The molecule has 1 aromatic rings. The smallest absolute Gasteiger partial charge is 0.236 e. The second kappa shape index (κ2) is 6.39. The Hall–Kier alpha value is -1.69. The van der Waals surface area contributed by atoms with E-state index >= 15 is 0 Å². The number of piperazine rings is 1. The van der Waals surface area contributed by atoms with E-state index in [4.69, 9.17) is 0 Å². The van der Waals surface area contributed by atoms with Gasteiger partial charge in [-0.2, -0.15) is 0 Å². The van der Waals surface area contributed by atoms with E-state index in [1.54, 1.807) is 6.07 Å². The van der Waals surface area contributed by atoms with Crippen LogP contribution in [0.2, 0.25) is 0 Å². The second-order valence-electron chi connectivity index (χ2n) is 5.69. The predicted molar refractivity (Wildman–Crippen MR) is 78.7 cm³/mol. The summed E-state index contributed by atoms with van der Waals surface area (Å²) in [5, 5.41) is 0. The first-order chi connectivity index (χ1) is 10.2. The average molecular weight is 292 g/mol. The topological polar surface area (TPSA) is 39.7 Å². The van der Waals surface area contributed by atoms with Crippen molar-refractivity contribution in [2.24, 2.45) is 0 Å². The molecule has 0 aromatic carbocycles. The van der Waals surface area contributed by atoms with Crippen LogP contribution in [-0.2, 0) is 4.79 Å². The third-order valence-corrected chi connectivity index (χ3v) is 4.23. The monoisotopic (exact) mass is 292 g/mol. The lowest BCUT2D eigenvalue weighted by atomic mass is 10.3. The number of hydrogen-bond acceptors (Lipinski definition) is 4. The molecule has 1 amide bonds. The Morgan fingerprint density at radius 3 is 2.43 bits per heavy atom. The Labute approximate surface area is 124 Å². The molecule has 114 valence electrons. The van der Waals surface area contributed by atoms with Crippen LogP contribution in [0, 0.1) is 5.82 Å². The summed E-state index contributed by atoms with van der Waals surface area (Å²) in [5.74, 6) is 0.747. The highest BCUT2D eigenvalue weighted by Gasteiger charge is 2.23. The summed E-state index contributed by atoms with van der Waals surface area (Å²) in [7, 11) is 0. The number of hydrogen-bond donors (Lipinski definition) is 0. The van der Waals surface area contributed by atoms with Crippen LogP contribution in [0.25, 0.3) is 0 Å². The molecule has 0 saturated carbocycles. The molecule has 0 atom stereocenters. The summed E-state index contributed by atoms with van der Waals surface area (Å²) in [4.78, 5) is 22.5. The fourth-order valence-corrected chi connectivity index (χ4v) is 2.95. The molecule has 3 rings (SSSR count). The number of pyridine rings is 1. The zero-order chi connectivity index (χ0) is 14.7. The molecule has 0 bridgehead atoms. The van der Waals surface area contributed by atoms with Gasteiger partial charge in [-0.25, -0.2) is 9.37 Å². The molecular formula is C15H21FN4O. The number of amides is 1. The van der Waals surface area contributed by atoms with Crippen LogP contribution in [0.4, 0.5) is 10.2 Å². The van der Waals surface area contributed by atoms with Gasteiger partial charge < -0.3 is 9.80 Å². The molecule has 0 N–H and O–H groups in total. The Morgan fingerprint density at radius 2 is 1.81 bits per heavy atom. The Kier molecular flexibility index (Phi) is 4.34. The van der Waals surface area contributed by atoms with E-state index in [-0.39, 0.29) is 11.7 Å². The SMILES string of the molecule is O=C(CN1CCN(c2ccc(F)cn2)CC1)N1CCCC1. The minimum absolute atomic E-state index is 0.251. The molecule has 0 unspecified atom stereocenters. The molecule has 1 aromatic heterocycles. The van der Waals surface area contributed by atoms with Gasteiger partial charge in [0.15, 0.2) is 0 Å². The molecule has 2 aliphatic rings. The maximum Gasteiger partial charge on any atom is 0.236 e. The standard InChI is InChI=1S/C15H21FN4O/c16-13-3-4-14(17-11-13)19-9-7-18(8-10-19)12-15(21)20-5-1-2-6-20/h3-4,11H,1-2,5-10,12H2. The summed E-state index contributed by atoms with van der Waals surface area (Å²) in [5.41, 5.74) is 0. The lowest BCUT2D eigenvalue weighted by molar-refractivity contribution is -0.131. The quantitative estimate of drug-likeness (QED) is 0.832. The van der Waals surface area contributed by atoms with Gasteiger partial charge in [-0.15, -0.1) is 0 Å². The number of likely N-dealkylation sites (tertiary alicyclic amines) is 1. The normalized spacial score (nSPS) is 20.0. The van der Waals surface area contributed by atoms with Crippen molar-refractivity contribution in [3.8, 4) is 0 Å². The van der Waals surface area contributed by atoms with Crippen molar-refractivity contribution in [3.05, 3.63) is 24.1 Å². The van der Waals surface area contributed by atoms with E-state index in [0.717, 1.165) is 57.9 Å². The van der Waals surface area contributed by atoms with Crippen molar-refractivity contribution in [2.75, 3.05) is 50.7 Å². The predicted octanol–water partition coefficient (Wildman–Crippen LogP) is 0.965. The van der Waals surface area contributed by atoms with Gasteiger partial charge in [0, 0.05) is 39.3 Å². The van der Waals surface area contributed by atoms with Crippen LogP contribution < -0.4 is 4.90 Å². The van der Waals surface area contributed by atoms with Crippen molar-refractivity contribution in [1.29, 1.82) is 0 Å². The van der Waals surface area contributed by atoms with Crippen molar-refractivity contribution < 1.29 is 9.18 Å². The van der Waals surface area contributed by atoms with E-state index in [1.807, 2.05) is 4.90 Å². The summed E-state index contributed by atoms with van der Waals surface area (Å²) in [6.07, 6.45) is 3.52. The highest BCUT2D eigenvalue weighted by atomic mass is 19.1. The van der Waals surface area contributed by atoms with Crippen LogP contribution in [-0.4, -0.2) is 66.5 Å².